The smallest absolute Gasteiger partial charge is 0.357 e. The number of rotatable bonds is 4. The summed E-state index contributed by atoms with van der Waals surface area (Å²) in [6.07, 6.45) is 3.75. The second-order valence-corrected chi connectivity index (χ2v) is 7.30. The van der Waals surface area contributed by atoms with E-state index in [0.29, 0.717) is 5.70 Å². The minimum Gasteiger partial charge on any atom is -0.464 e. The molecule has 150 valence electrons. The fourth-order valence-corrected chi connectivity index (χ4v) is 3.34. The molecular formula is C24H27N3O2. The van der Waals surface area contributed by atoms with Crippen LogP contribution in [-0.4, -0.2) is 28.8 Å². The van der Waals surface area contributed by atoms with Crippen LogP contribution in [0.3, 0.4) is 0 Å². The van der Waals surface area contributed by atoms with E-state index in [4.69, 9.17) is 9.84 Å². The van der Waals surface area contributed by atoms with E-state index >= 15 is 0 Å². The molecule has 0 radical (unpaired) electrons. The third-order valence-corrected chi connectivity index (χ3v) is 5.19. The third-order valence-electron chi connectivity index (χ3n) is 5.19. The predicted octanol–water partition coefficient (Wildman–Crippen LogP) is 5.36. The summed E-state index contributed by atoms with van der Waals surface area (Å²) in [5.74, 6) is -0.184. The molecule has 29 heavy (non-hydrogen) atoms. The standard InChI is InChI=1S/C24H27N3O2/c1-7-20-21-19(18-11-9-8-10-12-18)13-14-25-22(21)16(4)23(24(28)29-6)27(20)26-17(5)15(2)3/h7-15H,1-6H3/b20-7+,26-17+. The van der Waals surface area contributed by atoms with Gasteiger partial charge in [-0.05, 0) is 43.9 Å². The van der Waals surface area contributed by atoms with Gasteiger partial charge in [-0.25, -0.2) is 9.80 Å². The number of carbonyl (C=O) groups is 1. The fraction of sp³-hybridized carbons (Fsp3) is 0.292. The topological polar surface area (TPSA) is 54.8 Å². The largest absolute Gasteiger partial charge is 0.464 e. The van der Waals surface area contributed by atoms with Crippen LogP contribution in [0.2, 0.25) is 0 Å². The average molecular weight is 389 g/mol. The molecule has 2 heterocycles. The number of allylic oxidation sites excluding steroid dienone is 2. The van der Waals surface area contributed by atoms with Gasteiger partial charge in [0.2, 0.25) is 0 Å². The van der Waals surface area contributed by atoms with Gasteiger partial charge in [0.1, 0.15) is 0 Å². The van der Waals surface area contributed by atoms with Crippen molar-refractivity contribution in [2.75, 3.05) is 7.11 Å². The summed E-state index contributed by atoms with van der Waals surface area (Å²) in [5.41, 5.74) is 6.75. The molecule has 5 nitrogen and oxygen atoms in total. The molecule has 0 spiro atoms. The Morgan fingerprint density at radius 1 is 1.21 bits per heavy atom. The molecule has 0 aliphatic carbocycles. The minimum atomic E-state index is -0.431. The first-order valence-electron chi connectivity index (χ1n) is 9.76. The summed E-state index contributed by atoms with van der Waals surface area (Å²) in [6.45, 7) is 9.98. The number of fused-ring (bicyclic) bond motifs is 1. The molecule has 0 N–H and O–H groups in total. The zero-order valence-electron chi connectivity index (χ0n) is 17.9. The van der Waals surface area contributed by atoms with Gasteiger partial charge >= 0.3 is 5.97 Å². The summed E-state index contributed by atoms with van der Waals surface area (Å²) in [5, 5.41) is 6.53. The van der Waals surface area contributed by atoms with Crippen molar-refractivity contribution in [2.24, 2.45) is 11.0 Å². The Labute approximate surface area is 172 Å². The van der Waals surface area contributed by atoms with Crippen LogP contribution < -0.4 is 0 Å². The fourth-order valence-electron chi connectivity index (χ4n) is 3.34. The first-order valence-corrected chi connectivity index (χ1v) is 9.76. The number of methoxy groups -OCH3 is 1. The highest BCUT2D eigenvalue weighted by Gasteiger charge is 2.34. The zero-order valence-corrected chi connectivity index (χ0v) is 17.9. The van der Waals surface area contributed by atoms with E-state index in [1.807, 2.05) is 51.1 Å². The van der Waals surface area contributed by atoms with Gasteiger partial charge in [0, 0.05) is 23.0 Å². The maximum atomic E-state index is 12.7. The van der Waals surface area contributed by atoms with Gasteiger partial charge in [-0.3, -0.25) is 4.98 Å². The molecule has 1 aromatic carbocycles. The Hall–Kier alpha value is -3.21. The van der Waals surface area contributed by atoms with E-state index in [-0.39, 0.29) is 5.92 Å². The van der Waals surface area contributed by atoms with E-state index in [1.54, 1.807) is 11.2 Å². The van der Waals surface area contributed by atoms with Crippen LogP contribution in [0.4, 0.5) is 0 Å². The summed E-state index contributed by atoms with van der Waals surface area (Å²) >= 11 is 0. The van der Waals surface area contributed by atoms with Crippen molar-refractivity contribution in [2.45, 2.75) is 34.6 Å². The molecule has 0 atom stereocenters. The van der Waals surface area contributed by atoms with Gasteiger partial charge in [0.05, 0.1) is 18.5 Å². The van der Waals surface area contributed by atoms with Crippen LogP contribution in [0.1, 0.15) is 45.9 Å². The molecule has 2 aromatic rings. The lowest BCUT2D eigenvalue weighted by atomic mass is 9.90. The second-order valence-electron chi connectivity index (χ2n) is 7.30. The number of pyridine rings is 1. The highest BCUT2D eigenvalue weighted by molar-refractivity contribution is 6.04. The van der Waals surface area contributed by atoms with Gasteiger partial charge in [0.25, 0.3) is 0 Å². The van der Waals surface area contributed by atoms with Crippen molar-refractivity contribution >= 4 is 23.0 Å². The number of nitrogens with zero attached hydrogens (tertiary/aromatic N) is 3. The first-order chi connectivity index (χ1) is 13.9. The predicted molar refractivity (Wildman–Crippen MR) is 118 cm³/mol. The lowest BCUT2D eigenvalue weighted by molar-refractivity contribution is -0.137. The zero-order chi connectivity index (χ0) is 21.1. The van der Waals surface area contributed by atoms with Gasteiger partial charge in [-0.2, -0.15) is 5.10 Å². The van der Waals surface area contributed by atoms with Crippen LogP contribution >= 0.6 is 0 Å². The van der Waals surface area contributed by atoms with Crippen molar-refractivity contribution < 1.29 is 9.53 Å². The quantitative estimate of drug-likeness (QED) is 0.522. The Morgan fingerprint density at radius 2 is 1.90 bits per heavy atom. The monoisotopic (exact) mass is 389 g/mol. The summed E-state index contributed by atoms with van der Waals surface area (Å²) in [7, 11) is 1.39. The molecule has 0 fully saturated rings. The summed E-state index contributed by atoms with van der Waals surface area (Å²) in [6, 6.07) is 12.2. The normalized spacial score (nSPS) is 15.8. The van der Waals surface area contributed by atoms with E-state index in [2.05, 4.69) is 31.0 Å². The molecule has 5 heteroatoms. The lowest BCUT2D eigenvalue weighted by Crippen LogP contribution is -2.30. The molecule has 0 saturated carbocycles. The second kappa shape index (κ2) is 8.43. The lowest BCUT2D eigenvalue weighted by Gasteiger charge is -2.33. The van der Waals surface area contributed by atoms with Crippen molar-refractivity contribution in [1.82, 2.24) is 9.99 Å². The molecule has 1 aliphatic rings. The molecule has 0 amide bonds. The Balaban J connectivity index is 2.36. The van der Waals surface area contributed by atoms with Crippen LogP contribution in [0.15, 0.2) is 59.5 Å². The number of hydrogen-bond acceptors (Lipinski definition) is 5. The van der Waals surface area contributed by atoms with Crippen LogP contribution in [0.25, 0.3) is 22.4 Å². The van der Waals surface area contributed by atoms with Crippen molar-refractivity contribution in [3.05, 3.63) is 65.6 Å². The number of hydrogen-bond donors (Lipinski definition) is 0. The number of hydrazone groups is 1. The number of ether oxygens (including phenoxy) is 1. The number of esters is 1. The molecule has 0 unspecified atom stereocenters. The maximum absolute atomic E-state index is 12.7. The van der Waals surface area contributed by atoms with Gasteiger partial charge < -0.3 is 4.74 Å². The Morgan fingerprint density at radius 3 is 2.48 bits per heavy atom. The Bertz CT molecular complexity index is 1020. The SMILES string of the molecule is C/C=C1\c2c(-c3ccccc3)ccnc2C(C)=C(C(=O)OC)N1/N=C(\C)C(C)C. The Kier molecular flexibility index (Phi) is 5.97. The molecule has 0 saturated heterocycles. The third kappa shape index (κ3) is 3.73. The van der Waals surface area contributed by atoms with Crippen molar-refractivity contribution in [1.29, 1.82) is 0 Å². The van der Waals surface area contributed by atoms with Crippen LogP contribution in [0, 0.1) is 5.92 Å². The van der Waals surface area contributed by atoms with Crippen LogP contribution in [-0.2, 0) is 9.53 Å². The first kappa shape index (κ1) is 20.5. The van der Waals surface area contributed by atoms with Gasteiger partial charge in [-0.1, -0.05) is 50.3 Å². The van der Waals surface area contributed by atoms with Gasteiger partial charge in [0.15, 0.2) is 5.70 Å². The highest BCUT2D eigenvalue weighted by atomic mass is 16.5. The van der Waals surface area contributed by atoms with E-state index in [1.165, 1.54) is 7.11 Å². The number of carbonyl (C=O) groups excluding carboxylic acids is 1. The molecule has 1 aliphatic heterocycles. The maximum Gasteiger partial charge on any atom is 0.357 e. The summed E-state index contributed by atoms with van der Waals surface area (Å²) < 4.78 is 5.09. The molecular weight excluding hydrogens is 362 g/mol. The van der Waals surface area contributed by atoms with E-state index < -0.39 is 5.97 Å². The average Bonchev–Trinajstić information content (AvgIpc) is 2.74. The van der Waals surface area contributed by atoms with Gasteiger partial charge in [-0.15, -0.1) is 0 Å². The van der Waals surface area contributed by atoms with E-state index in [9.17, 15) is 4.79 Å². The molecule has 3 rings (SSSR count). The van der Waals surface area contributed by atoms with E-state index in [0.717, 1.165) is 39.4 Å². The summed E-state index contributed by atoms with van der Waals surface area (Å²) in [4.78, 5) is 17.3. The molecule has 0 bridgehead atoms. The highest BCUT2D eigenvalue weighted by Crippen LogP contribution is 2.42. The van der Waals surface area contributed by atoms with Crippen molar-refractivity contribution in [3.8, 4) is 11.1 Å². The van der Waals surface area contributed by atoms with Crippen molar-refractivity contribution in [3.63, 3.8) is 0 Å². The van der Waals surface area contributed by atoms with Crippen LogP contribution in [0.5, 0.6) is 0 Å². The minimum absolute atomic E-state index is 0.246. The number of benzene rings is 1. The molecule has 1 aromatic heterocycles. The number of aromatic nitrogens is 1.